The van der Waals surface area contributed by atoms with Crippen molar-refractivity contribution in [3.8, 4) is 11.3 Å². The second kappa shape index (κ2) is 7.03. The molecule has 128 valence electrons. The van der Waals surface area contributed by atoms with Crippen LogP contribution in [0.5, 0.6) is 0 Å². The van der Waals surface area contributed by atoms with E-state index in [1.807, 2.05) is 17.5 Å². The Labute approximate surface area is 146 Å². The molecule has 24 heavy (non-hydrogen) atoms. The predicted octanol–water partition coefficient (Wildman–Crippen LogP) is 3.14. The van der Waals surface area contributed by atoms with Gasteiger partial charge in [0.05, 0.1) is 17.2 Å². The maximum atomic E-state index is 12.1. The van der Waals surface area contributed by atoms with Gasteiger partial charge in [0, 0.05) is 17.4 Å². The highest BCUT2D eigenvalue weighted by atomic mass is 32.2. The molecule has 1 aromatic carbocycles. The molecule has 0 aliphatic carbocycles. The van der Waals surface area contributed by atoms with Gasteiger partial charge in [-0.3, -0.25) is 4.79 Å². The molecule has 1 fully saturated rings. The Bertz CT molecular complexity index is 826. The molecule has 3 rings (SSSR count). The van der Waals surface area contributed by atoms with Gasteiger partial charge in [-0.15, -0.1) is 11.3 Å². The zero-order valence-electron chi connectivity index (χ0n) is 13.5. The molecule has 0 radical (unpaired) electrons. The number of carbonyl (C=O) groups is 1. The number of hydrogen-bond acceptors (Lipinski definition) is 5. The maximum absolute atomic E-state index is 12.1. The van der Waals surface area contributed by atoms with Crippen LogP contribution >= 0.6 is 11.3 Å². The number of nitrogens with zero attached hydrogens (tertiary/aromatic N) is 1. The number of thiazole rings is 1. The minimum Gasteiger partial charge on any atom is -0.302 e. The molecule has 1 aliphatic rings. The second-order valence-electron chi connectivity index (χ2n) is 6.11. The Morgan fingerprint density at radius 1 is 1.33 bits per heavy atom. The standard InChI is InChI=1S/C17H20N2O3S2/c1-2-12-3-5-14(6-4-12)15-10-23-17(18-15)19-16(20)9-13-7-8-24(21,22)11-13/h3-6,10,13H,2,7-9,11H2,1H3,(H,18,19,20)/t13-/m0/s1. The first kappa shape index (κ1) is 17.1. The fraction of sp³-hybridized carbons (Fsp3) is 0.412. The summed E-state index contributed by atoms with van der Waals surface area (Å²) >= 11 is 1.38. The summed E-state index contributed by atoms with van der Waals surface area (Å²) in [6.45, 7) is 2.11. The van der Waals surface area contributed by atoms with Crippen LogP contribution in [-0.2, 0) is 21.1 Å². The quantitative estimate of drug-likeness (QED) is 0.884. The zero-order chi connectivity index (χ0) is 17.2. The van der Waals surface area contributed by atoms with Crippen LogP contribution in [0.1, 0.15) is 25.3 Å². The number of rotatable bonds is 5. The minimum atomic E-state index is -2.94. The summed E-state index contributed by atoms with van der Waals surface area (Å²) in [4.78, 5) is 16.5. The van der Waals surface area contributed by atoms with E-state index in [1.54, 1.807) is 0 Å². The number of benzene rings is 1. The lowest BCUT2D eigenvalue weighted by atomic mass is 10.1. The summed E-state index contributed by atoms with van der Waals surface area (Å²) < 4.78 is 22.9. The summed E-state index contributed by atoms with van der Waals surface area (Å²) in [7, 11) is -2.94. The molecule has 1 atom stereocenters. The number of nitrogens with one attached hydrogen (secondary N) is 1. The molecule has 5 nitrogen and oxygen atoms in total. The van der Waals surface area contributed by atoms with Crippen molar-refractivity contribution in [3.05, 3.63) is 35.2 Å². The van der Waals surface area contributed by atoms with Gasteiger partial charge < -0.3 is 5.32 Å². The molecule has 2 heterocycles. The number of aromatic nitrogens is 1. The maximum Gasteiger partial charge on any atom is 0.226 e. The molecule has 1 aliphatic heterocycles. The van der Waals surface area contributed by atoms with E-state index in [0.717, 1.165) is 17.7 Å². The van der Waals surface area contributed by atoms with Crippen molar-refractivity contribution in [2.45, 2.75) is 26.2 Å². The van der Waals surface area contributed by atoms with E-state index in [1.165, 1.54) is 16.9 Å². The lowest BCUT2D eigenvalue weighted by molar-refractivity contribution is -0.116. The first-order chi connectivity index (χ1) is 11.4. The average Bonchev–Trinajstić information content (AvgIpc) is 3.14. The van der Waals surface area contributed by atoms with E-state index >= 15 is 0 Å². The molecule has 0 unspecified atom stereocenters. The Morgan fingerprint density at radius 2 is 2.08 bits per heavy atom. The van der Waals surface area contributed by atoms with E-state index in [-0.39, 0.29) is 29.8 Å². The van der Waals surface area contributed by atoms with Gasteiger partial charge in [-0.2, -0.15) is 0 Å². The normalized spacial score (nSPS) is 19.3. The summed E-state index contributed by atoms with van der Waals surface area (Å²) in [5.74, 6) is 0.0725. The molecule has 1 saturated heterocycles. The van der Waals surface area contributed by atoms with Gasteiger partial charge in [0.1, 0.15) is 0 Å². The Morgan fingerprint density at radius 3 is 2.71 bits per heavy atom. The molecule has 0 spiro atoms. The lowest BCUT2D eigenvalue weighted by Gasteiger charge is -2.06. The molecule has 0 bridgehead atoms. The number of anilines is 1. The smallest absolute Gasteiger partial charge is 0.226 e. The highest BCUT2D eigenvalue weighted by Crippen LogP contribution is 2.26. The van der Waals surface area contributed by atoms with E-state index in [0.29, 0.717) is 11.6 Å². The topological polar surface area (TPSA) is 76.1 Å². The predicted molar refractivity (Wildman–Crippen MR) is 96.9 cm³/mol. The number of carbonyl (C=O) groups excluding carboxylic acids is 1. The lowest BCUT2D eigenvalue weighted by Crippen LogP contribution is -2.17. The zero-order valence-corrected chi connectivity index (χ0v) is 15.1. The Balaban J connectivity index is 1.60. The monoisotopic (exact) mass is 364 g/mol. The number of aryl methyl sites for hydroxylation is 1. The van der Waals surface area contributed by atoms with Gasteiger partial charge in [0.25, 0.3) is 0 Å². The largest absolute Gasteiger partial charge is 0.302 e. The van der Waals surface area contributed by atoms with Crippen LogP contribution in [0.3, 0.4) is 0 Å². The van der Waals surface area contributed by atoms with E-state index in [4.69, 9.17) is 0 Å². The first-order valence-corrected chi connectivity index (χ1v) is 10.7. The van der Waals surface area contributed by atoms with Crippen molar-refractivity contribution in [1.29, 1.82) is 0 Å². The van der Waals surface area contributed by atoms with Crippen LogP contribution < -0.4 is 5.32 Å². The molecule has 7 heteroatoms. The minimum absolute atomic E-state index is 0.0731. The molecular weight excluding hydrogens is 344 g/mol. The third kappa shape index (κ3) is 4.21. The van der Waals surface area contributed by atoms with Crippen LogP contribution in [-0.4, -0.2) is 30.8 Å². The average molecular weight is 364 g/mol. The van der Waals surface area contributed by atoms with Crippen LogP contribution in [0.25, 0.3) is 11.3 Å². The molecule has 1 aromatic heterocycles. The van der Waals surface area contributed by atoms with Crippen LogP contribution in [0.2, 0.25) is 0 Å². The van der Waals surface area contributed by atoms with Gasteiger partial charge in [-0.05, 0) is 24.3 Å². The fourth-order valence-electron chi connectivity index (χ4n) is 2.84. The highest BCUT2D eigenvalue weighted by Gasteiger charge is 2.29. The van der Waals surface area contributed by atoms with Crippen molar-refractivity contribution in [3.63, 3.8) is 0 Å². The third-order valence-corrected chi connectivity index (χ3v) is 6.80. The molecular formula is C17H20N2O3S2. The van der Waals surface area contributed by atoms with Gasteiger partial charge in [0.2, 0.25) is 5.91 Å². The van der Waals surface area contributed by atoms with Crippen molar-refractivity contribution in [2.24, 2.45) is 5.92 Å². The molecule has 1 amide bonds. The third-order valence-electron chi connectivity index (χ3n) is 4.21. The van der Waals surface area contributed by atoms with Crippen LogP contribution in [0.4, 0.5) is 5.13 Å². The molecule has 0 saturated carbocycles. The molecule has 1 N–H and O–H groups in total. The Kier molecular flexibility index (Phi) is 5.01. The first-order valence-electron chi connectivity index (χ1n) is 8.00. The van der Waals surface area contributed by atoms with Crippen molar-refractivity contribution < 1.29 is 13.2 Å². The number of hydrogen-bond donors (Lipinski definition) is 1. The fourth-order valence-corrected chi connectivity index (χ4v) is 5.44. The summed E-state index contributed by atoms with van der Waals surface area (Å²) in [6.07, 6.45) is 1.80. The van der Waals surface area contributed by atoms with E-state index < -0.39 is 9.84 Å². The summed E-state index contributed by atoms with van der Waals surface area (Å²) in [6, 6.07) is 8.21. The Hall–Kier alpha value is -1.73. The molecule has 2 aromatic rings. The van der Waals surface area contributed by atoms with Gasteiger partial charge in [-0.1, -0.05) is 31.2 Å². The summed E-state index contributed by atoms with van der Waals surface area (Å²) in [5.41, 5.74) is 3.13. The van der Waals surface area contributed by atoms with Crippen molar-refractivity contribution in [2.75, 3.05) is 16.8 Å². The van der Waals surface area contributed by atoms with E-state index in [9.17, 15) is 13.2 Å². The van der Waals surface area contributed by atoms with Crippen molar-refractivity contribution in [1.82, 2.24) is 4.98 Å². The second-order valence-corrected chi connectivity index (χ2v) is 9.20. The highest BCUT2D eigenvalue weighted by molar-refractivity contribution is 7.91. The van der Waals surface area contributed by atoms with Crippen molar-refractivity contribution >= 4 is 32.2 Å². The number of sulfone groups is 1. The van der Waals surface area contributed by atoms with E-state index in [2.05, 4.69) is 29.4 Å². The number of amides is 1. The SMILES string of the molecule is CCc1ccc(-c2csc(NC(=O)C[C@@H]3CCS(=O)(=O)C3)n2)cc1. The van der Waals surface area contributed by atoms with Crippen LogP contribution in [0, 0.1) is 5.92 Å². The van der Waals surface area contributed by atoms with Gasteiger partial charge >= 0.3 is 0 Å². The van der Waals surface area contributed by atoms with Gasteiger partial charge in [0.15, 0.2) is 15.0 Å². The van der Waals surface area contributed by atoms with Gasteiger partial charge in [-0.25, -0.2) is 13.4 Å². The van der Waals surface area contributed by atoms with Crippen LogP contribution in [0.15, 0.2) is 29.6 Å². The summed E-state index contributed by atoms with van der Waals surface area (Å²) in [5, 5.41) is 5.25.